The smallest absolute Gasteiger partial charge is 0.416 e. The molecule has 4 amide bonds. The second-order valence-electron chi connectivity index (χ2n) is 11.4. The number of H-pyrrole nitrogens is 1. The van der Waals surface area contributed by atoms with Crippen molar-refractivity contribution in [3.63, 3.8) is 0 Å². The summed E-state index contributed by atoms with van der Waals surface area (Å²) in [6.45, 7) is 4.68. The Labute approximate surface area is 259 Å². The summed E-state index contributed by atoms with van der Waals surface area (Å²) in [7, 11) is 0. The minimum Gasteiger partial charge on any atom is -0.494 e. The number of benzene rings is 2. The maximum atomic E-state index is 13.5. The number of fused-ring (bicyclic) bond motifs is 3. The average Bonchev–Trinajstić information content (AvgIpc) is 3.44. The normalized spacial score (nSPS) is 20.5. The fraction of sp³-hybridized carbons (Fsp3) is 0.344. The molecule has 9 nitrogen and oxygen atoms in total. The largest absolute Gasteiger partial charge is 0.494 e. The zero-order valence-corrected chi connectivity index (χ0v) is 25.4. The van der Waals surface area contributed by atoms with E-state index >= 15 is 0 Å². The molecule has 2 N–H and O–H groups in total. The van der Waals surface area contributed by atoms with Crippen LogP contribution in [0.25, 0.3) is 12.2 Å². The van der Waals surface area contributed by atoms with Crippen molar-refractivity contribution in [1.29, 1.82) is 0 Å². The fourth-order valence-electron chi connectivity index (χ4n) is 5.89. The van der Waals surface area contributed by atoms with Crippen LogP contribution in [0, 0.1) is 0 Å². The van der Waals surface area contributed by atoms with Crippen LogP contribution in [0.1, 0.15) is 49.6 Å². The van der Waals surface area contributed by atoms with Gasteiger partial charge < -0.3 is 19.4 Å². The van der Waals surface area contributed by atoms with Crippen LogP contribution in [0.15, 0.2) is 48.5 Å². The Balaban J connectivity index is 1.21. The number of halogens is 2. The Morgan fingerprint density at radius 1 is 1.07 bits per heavy atom. The summed E-state index contributed by atoms with van der Waals surface area (Å²) in [6.07, 6.45) is 5.71. The van der Waals surface area contributed by atoms with Gasteiger partial charge in [0.1, 0.15) is 23.1 Å². The van der Waals surface area contributed by atoms with Gasteiger partial charge in [-0.2, -0.15) is 0 Å². The SMILES string of the molecule is CC1(C)C(=O)NC(=O)N1CCCOc1ccc(C2c3[nH]c4c(c3CCN2C(=O)Oc2ccc(Cl)cc2)=CC(Cl)CC=4)cc1. The first-order valence-corrected chi connectivity index (χ1v) is 15.1. The molecule has 224 valence electrons. The lowest BCUT2D eigenvalue weighted by Crippen LogP contribution is -2.44. The van der Waals surface area contributed by atoms with Crippen LogP contribution in [0.3, 0.4) is 0 Å². The van der Waals surface area contributed by atoms with Gasteiger partial charge in [0.05, 0.1) is 12.0 Å². The van der Waals surface area contributed by atoms with Crippen LogP contribution in [-0.4, -0.2) is 63.4 Å². The molecule has 3 aliphatic rings. The van der Waals surface area contributed by atoms with Crippen molar-refractivity contribution in [2.45, 2.75) is 50.1 Å². The van der Waals surface area contributed by atoms with Crippen LogP contribution in [0.4, 0.5) is 9.59 Å². The molecule has 0 saturated carbocycles. The summed E-state index contributed by atoms with van der Waals surface area (Å²) in [4.78, 5) is 44.5. The standard InChI is InChI=1S/C32H32Cl2N4O5/c1-32(2)29(39)36-30(40)38(32)15-3-17-42-22-9-4-19(5-10-22)28-27-24(25-18-21(34)8-13-26(25)35-27)14-16-37(28)31(41)43-23-11-6-20(33)7-12-23/h4-7,9-13,18,21,28,35H,3,8,14-17H2,1-2H3,(H,36,39,40). The summed E-state index contributed by atoms with van der Waals surface area (Å²) >= 11 is 12.5. The molecule has 11 heteroatoms. The minimum absolute atomic E-state index is 0.0680. The number of carbonyl (C=O) groups is 3. The maximum Gasteiger partial charge on any atom is 0.416 e. The van der Waals surface area contributed by atoms with Gasteiger partial charge in [0.2, 0.25) is 0 Å². The van der Waals surface area contributed by atoms with Gasteiger partial charge >= 0.3 is 12.1 Å². The Kier molecular flexibility index (Phi) is 7.87. The Morgan fingerprint density at radius 2 is 1.79 bits per heavy atom. The number of nitrogens with zero attached hydrogens (tertiary/aromatic N) is 2. The fourth-order valence-corrected chi connectivity index (χ4v) is 6.23. The van der Waals surface area contributed by atoms with Crippen molar-refractivity contribution in [3.05, 3.63) is 80.9 Å². The van der Waals surface area contributed by atoms with E-state index in [4.69, 9.17) is 32.7 Å². The van der Waals surface area contributed by atoms with E-state index in [2.05, 4.69) is 22.5 Å². The molecular weight excluding hydrogens is 591 g/mol. The Hall–Kier alpha value is -3.95. The quantitative estimate of drug-likeness (QED) is 0.230. The van der Waals surface area contributed by atoms with Crippen molar-refractivity contribution in [2.24, 2.45) is 0 Å². The molecule has 2 unspecified atom stereocenters. The van der Waals surface area contributed by atoms with Crippen LogP contribution in [-0.2, 0) is 11.2 Å². The van der Waals surface area contributed by atoms with Crippen molar-refractivity contribution in [3.8, 4) is 11.5 Å². The summed E-state index contributed by atoms with van der Waals surface area (Å²) in [5.41, 5.74) is 2.12. The van der Waals surface area contributed by atoms with E-state index in [-0.39, 0.29) is 17.3 Å². The number of ether oxygens (including phenoxy) is 2. The first-order valence-electron chi connectivity index (χ1n) is 14.3. The second-order valence-corrected chi connectivity index (χ2v) is 12.4. The summed E-state index contributed by atoms with van der Waals surface area (Å²) < 4.78 is 11.7. The lowest BCUT2D eigenvalue weighted by atomic mass is 9.92. The molecule has 1 fully saturated rings. The van der Waals surface area contributed by atoms with Gasteiger partial charge in [0, 0.05) is 34.4 Å². The molecule has 0 spiro atoms. The van der Waals surface area contributed by atoms with Crippen LogP contribution in [0.5, 0.6) is 11.5 Å². The minimum atomic E-state index is -0.880. The van der Waals surface area contributed by atoms with Gasteiger partial charge in [-0.05, 0) is 80.6 Å². The highest BCUT2D eigenvalue weighted by Crippen LogP contribution is 2.34. The summed E-state index contributed by atoms with van der Waals surface area (Å²) in [6, 6.07) is 13.6. The van der Waals surface area contributed by atoms with Crippen LogP contribution in [0.2, 0.25) is 5.02 Å². The first-order chi connectivity index (χ1) is 20.6. The molecule has 2 atom stereocenters. The highest BCUT2D eigenvalue weighted by atomic mass is 35.5. The first kappa shape index (κ1) is 29.1. The van der Waals surface area contributed by atoms with E-state index in [0.717, 1.165) is 33.8 Å². The molecule has 3 aromatic rings. The number of aromatic amines is 1. The molecule has 0 bridgehead atoms. The number of aromatic nitrogens is 1. The van der Waals surface area contributed by atoms with Gasteiger partial charge in [-0.1, -0.05) is 35.9 Å². The predicted molar refractivity (Wildman–Crippen MR) is 164 cm³/mol. The van der Waals surface area contributed by atoms with Crippen molar-refractivity contribution >= 4 is 53.4 Å². The van der Waals surface area contributed by atoms with E-state index in [1.165, 1.54) is 4.90 Å². The third-order valence-electron chi connectivity index (χ3n) is 8.23. The predicted octanol–water partition coefficient (Wildman–Crippen LogP) is 4.49. The van der Waals surface area contributed by atoms with Crippen LogP contribution >= 0.6 is 23.2 Å². The van der Waals surface area contributed by atoms with E-state index in [0.29, 0.717) is 49.1 Å². The van der Waals surface area contributed by atoms with Crippen molar-refractivity contribution < 1.29 is 23.9 Å². The van der Waals surface area contributed by atoms with Crippen molar-refractivity contribution in [2.75, 3.05) is 19.7 Å². The van der Waals surface area contributed by atoms with Gasteiger partial charge in [-0.3, -0.25) is 15.0 Å². The zero-order valence-electron chi connectivity index (χ0n) is 23.9. The van der Waals surface area contributed by atoms with E-state index in [1.807, 2.05) is 24.3 Å². The van der Waals surface area contributed by atoms with E-state index < -0.39 is 17.7 Å². The van der Waals surface area contributed by atoms with E-state index in [9.17, 15) is 14.4 Å². The molecular formula is C32H32Cl2N4O5. The topological polar surface area (TPSA) is 104 Å². The molecule has 1 saturated heterocycles. The van der Waals surface area contributed by atoms with Gasteiger partial charge in [-0.15, -0.1) is 11.6 Å². The number of nitrogens with one attached hydrogen (secondary N) is 2. The van der Waals surface area contributed by atoms with Gasteiger partial charge in [-0.25, -0.2) is 9.59 Å². The van der Waals surface area contributed by atoms with Crippen molar-refractivity contribution in [1.82, 2.24) is 20.1 Å². The van der Waals surface area contributed by atoms with Gasteiger partial charge in [0.25, 0.3) is 5.91 Å². The monoisotopic (exact) mass is 622 g/mol. The number of carbonyl (C=O) groups excluding carboxylic acids is 3. The highest BCUT2D eigenvalue weighted by Gasteiger charge is 2.45. The Bertz CT molecular complexity index is 1680. The second kappa shape index (κ2) is 11.6. The zero-order chi connectivity index (χ0) is 30.3. The molecule has 6 rings (SSSR count). The number of urea groups is 1. The number of amides is 4. The molecule has 1 aromatic heterocycles. The van der Waals surface area contributed by atoms with Crippen LogP contribution < -0.4 is 25.4 Å². The number of imide groups is 1. The molecule has 3 heterocycles. The summed E-state index contributed by atoms with van der Waals surface area (Å²) in [5.74, 6) is 0.778. The van der Waals surface area contributed by atoms with E-state index in [1.54, 1.807) is 43.0 Å². The maximum absolute atomic E-state index is 13.5. The highest BCUT2D eigenvalue weighted by molar-refractivity contribution is 6.30. The number of alkyl halides is 1. The molecule has 1 aliphatic carbocycles. The molecule has 2 aliphatic heterocycles. The number of rotatable bonds is 7. The average molecular weight is 624 g/mol. The third kappa shape index (κ3) is 5.71. The Morgan fingerprint density at radius 3 is 2.49 bits per heavy atom. The lowest BCUT2D eigenvalue weighted by Gasteiger charge is -2.35. The van der Waals surface area contributed by atoms with Gasteiger partial charge in [0.15, 0.2) is 0 Å². The summed E-state index contributed by atoms with van der Waals surface area (Å²) in [5, 5.41) is 4.98. The third-order valence-corrected chi connectivity index (χ3v) is 8.79. The molecule has 0 radical (unpaired) electrons. The molecule has 2 aromatic carbocycles. The number of hydrogen-bond acceptors (Lipinski definition) is 5. The molecule has 43 heavy (non-hydrogen) atoms. The lowest BCUT2D eigenvalue weighted by molar-refractivity contribution is -0.125. The number of hydrogen-bond donors (Lipinski definition) is 2.